The summed E-state index contributed by atoms with van der Waals surface area (Å²) in [5, 5.41) is 9.67. The fourth-order valence-electron chi connectivity index (χ4n) is 4.27. The SMILES string of the molecule is CCSc1nc2n(n1)C(c1ccc(OCc3c(Cl)cccc3Cl)cc1)C(C(=O)OCc1ccccc1)=C(C)N2. The van der Waals surface area contributed by atoms with Crippen LogP contribution < -0.4 is 10.1 Å². The highest BCUT2D eigenvalue weighted by Gasteiger charge is 2.35. The van der Waals surface area contributed by atoms with E-state index >= 15 is 0 Å². The highest BCUT2D eigenvalue weighted by atomic mass is 35.5. The zero-order valence-corrected chi connectivity index (χ0v) is 23.7. The molecule has 0 spiro atoms. The van der Waals surface area contributed by atoms with Gasteiger partial charge in [0.1, 0.15) is 25.0 Å². The Hall–Kier alpha value is -3.46. The molecule has 3 aromatic carbocycles. The van der Waals surface area contributed by atoms with Crippen LogP contribution in [0, 0.1) is 0 Å². The van der Waals surface area contributed by atoms with Gasteiger partial charge in [-0.3, -0.25) is 0 Å². The number of ether oxygens (including phenoxy) is 2. The Morgan fingerprint density at radius 3 is 2.41 bits per heavy atom. The summed E-state index contributed by atoms with van der Waals surface area (Å²) in [5.74, 6) is 1.61. The van der Waals surface area contributed by atoms with Crippen molar-refractivity contribution >= 4 is 46.9 Å². The summed E-state index contributed by atoms with van der Waals surface area (Å²) in [7, 11) is 0. The number of nitrogens with one attached hydrogen (secondary N) is 1. The maximum absolute atomic E-state index is 13.5. The normalized spacial score (nSPS) is 14.5. The van der Waals surface area contributed by atoms with Gasteiger partial charge >= 0.3 is 5.97 Å². The number of fused-ring (bicyclic) bond motifs is 1. The summed E-state index contributed by atoms with van der Waals surface area (Å²) in [6, 6.07) is 21.9. The first kappa shape index (κ1) is 27.1. The van der Waals surface area contributed by atoms with Crippen molar-refractivity contribution in [2.24, 2.45) is 0 Å². The number of hydrogen-bond donors (Lipinski definition) is 1. The Kier molecular flexibility index (Phi) is 8.45. The van der Waals surface area contributed by atoms with Crippen LogP contribution in [0.15, 0.2) is 89.2 Å². The minimum absolute atomic E-state index is 0.168. The third-order valence-electron chi connectivity index (χ3n) is 6.18. The van der Waals surface area contributed by atoms with Gasteiger partial charge in [-0.25, -0.2) is 9.48 Å². The standard InChI is InChI=1S/C29H26Cl2N4O3S/c1-3-39-29-33-28-32-18(2)25(27(36)38-16-19-8-5-4-6-9-19)26(35(28)34-29)20-12-14-21(15-13-20)37-17-22-23(30)10-7-11-24(22)31/h4-15,26H,3,16-17H2,1-2H3,(H,32,33,34). The smallest absolute Gasteiger partial charge is 0.338 e. The van der Waals surface area contributed by atoms with E-state index in [2.05, 4.69) is 10.3 Å². The average molecular weight is 582 g/mol. The molecule has 39 heavy (non-hydrogen) atoms. The number of halogens is 2. The zero-order chi connectivity index (χ0) is 27.4. The molecular formula is C29H26Cl2N4O3S. The van der Waals surface area contributed by atoms with Crippen molar-refractivity contribution in [2.45, 2.75) is 38.3 Å². The molecule has 1 aromatic heterocycles. The predicted molar refractivity (Wildman–Crippen MR) is 154 cm³/mol. The Balaban J connectivity index is 1.42. The van der Waals surface area contributed by atoms with Gasteiger partial charge in [0.05, 0.1) is 5.57 Å². The van der Waals surface area contributed by atoms with Crippen molar-refractivity contribution in [1.82, 2.24) is 14.8 Å². The van der Waals surface area contributed by atoms with E-state index in [4.69, 9.17) is 37.8 Å². The molecule has 2 heterocycles. The number of aromatic nitrogens is 3. The van der Waals surface area contributed by atoms with Crippen LogP contribution in [0.1, 0.15) is 36.6 Å². The van der Waals surface area contributed by atoms with E-state index in [0.717, 1.165) is 22.4 Å². The third kappa shape index (κ3) is 6.08. The van der Waals surface area contributed by atoms with Gasteiger partial charge in [0, 0.05) is 21.3 Å². The van der Waals surface area contributed by atoms with Gasteiger partial charge < -0.3 is 14.8 Å². The molecule has 0 bridgehead atoms. The molecule has 0 radical (unpaired) electrons. The van der Waals surface area contributed by atoms with Gasteiger partial charge in [-0.15, -0.1) is 5.10 Å². The molecule has 5 rings (SSSR count). The van der Waals surface area contributed by atoms with E-state index in [9.17, 15) is 4.79 Å². The molecule has 1 unspecified atom stereocenters. The van der Waals surface area contributed by atoms with E-state index in [-0.39, 0.29) is 13.2 Å². The van der Waals surface area contributed by atoms with E-state index in [1.807, 2.05) is 68.4 Å². The summed E-state index contributed by atoms with van der Waals surface area (Å²) < 4.78 is 13.4. The van der Waals surface area contributed by atoms with E-state index < -0.39 is 12.0 Å². The number of carbonyl (C=O) groups excluding carboxylic acids is 1. The van der Waals surface area contributed by atoms with Crippen molar-refractivity contribution in [3.8, 4) is 5.75 Å². The van der Waals surface area contributed by atoms with Crippen LogP contribution in [-0.2, 0) is 22.7 Å². The lowest BCUT2D eigenvalue weighted by Crippen LogP contribution is -2.29. The summed E-state index contributed by atoms with van der Waals surface area (Å²) in [6.07, 6.45) is 0. The highest BCUT2D eigenvalue weighted by molar-refractivity contribution is 7.99. The summed E-state index contributed by atoms with van der Waals surface area (Å²) in [5.41, 5.74) is 3.60. The lowest BCUT2D eigenvalue weighted by atomic mass is 9.95. The van der Waals surface area contributed by atoms with Crippen LogP contribution in [0.5, 0.6) is 5.75 Å². The van der Waals surface area contributed by atoms with E-state index in [1.54, 1.807) is 22.9 Å². The molecular weight excluding hydrogens is 555 g/mol. The van der Waals surface area contributed by atoms with Crippen LogP contribution in [0.4, 0.5) is 5.95 Å². The molecule has 7 nitrogen and oxygen atoms in total. The molecule has 10 heteroatoms. The number of carbonyl (C=O) groups is 1. The minimum Gasteiger partial charge on any atom is -0.489 e. The Morgan fingerprint density at radius 1 is 1.00 bits per heavy atom. The number of rotatable bonds is 9. The van der Waals surface area contributed by atoms with Gasteiger partial charge in [0.15, 0.2) is 0 Å². The maximum atomic E-state index is 13.5. The summed E-state index contributed by atoms with van der Waals surface area (Å²) >= 11 is 14.1. The van der Waals surface area contributed by atoms with Crippen molar-refractivity contribution in [3.05, 3.63) is 111 Å². The lowest BCUT2D eigenvalue weighted by molar-refractivity contribution is -0.140. The second kappa shape index (κ2) is 12.2. The maximum Gasteiger partial charge on any atom is 0.338 e. The largest absolute Gasteiger partial charge is 0.489 e. The fraction of sp³-hybridized carbons (Fsp3) is 0.207. The van der Waals surface area contributed by atoms with Crippen LogP contribution in [0.25, 0.3) is 0 Å². The van der Waals surface area contributed by atoms with Crippen LogP contribution in [-0.4, -0.2) is 26.5 Å². The second-order valence-corrected chi connectivity index (χ2v) is 10.8. The molecule has 0 aliphatic carbocycles. The van der Waals surface area contributed by atoms with Crippen LogP contribution in [0.2, 0.25) is 10.0 Å². The first-order valence-corrected chi connectivity index (χ1v) is 14.1. The topological polar surface area (TPSA) is 78.3 Å². The third-order valence-corrected chi connectivity index (χ3v) is 7.61. The number of thioether (sulfide) groups is 1. The van der Waals surface area contributed by atoms with Crippen LogP contribution in [0.3, 0.4) is 0 Å². The molecule has 1 N–H and O–H groups in total. The van der Waals surface area contributed by atoms with Gasteiger partial charge in [0.2, 0.25) is 11.1 Å². The van der Waals surface area contributed by atoms with Gasteiger partial charge in [-0.05, 0) is 48.1 Å². The predicted octanol–water partition coefficient (Wildman–Crippen LogP) is 7.31. The molecule has 200 valence electrons. The molecule has 0 saturated heterocycles. The molecule has 1 aliphatic rings. The second-order valence-electron chi connectivity index (χ2n) is 8.78. The summed E-state index contributed by atoms with van der Waals surface area (Å²) in [4.78, 5) is 18.1. The number of allylic oxidation sites excluding steroid dienone is 1. The first-order chi connectivity index (χ1) is 18.9. The molecule has 4 aromatic rings. The van der Waals surface area contributed by atoms with Crippen molar-refractivity contribution in [3.63, 3.8) is 0 Å². The fourth-order valence-corrected chi connectivity index (χ4v) is 5.33. The molecule has 1 atom stereocenters. The number of benzene rings is 3. The molecule has 0 saturated carbocycles. The molecule has 0 amide bonds. The first-order valence-electron chi connectivity index (χ1n) is 12.4. The number of esters is 1. The van der Waals surface area contributed by atoms with Gasteiger partial charge in [-0.1, -0.05) is 90.4 Å². The van der Waals surface area contributed by atoms with Crippen LogP contribution >= 0.6 is 35.0 Å². The molecule has 1 aliphatic heterocycles. The zero-order valence-electron chi connectivity index (χ0n) is 21.4. The quantitative estimate of drug-likeness (QED) is 0.164. The monoisotopic (exact) mass is 580 g/mol. The highest BCUT2D eigenvalue weighted by Crippen LogP contribution is 2.37. The lowest BCUT2D eigenvalue weighted by Gasteiger charge is -2.28. The van der Waals surface area contributed by atoms with E-state index in [0.29, 0.717) is 38.2 Å². The minimum atomic E-state index is -0.532. The van der Waals surface area contributed by atoms with Crippen molar-refractivity contribution in [1.29, 1.82) is 0 Å². The number of nitrogens with zero attached hydrogens (tertiary/aromatic N) is 3. The number of hydrogen-bond acceptors (Lipinski definition) is 7. The van der Waals surface area contributed by atoms with E-state index in [1.165, 1.54) is 11.8 Å². The van der Waals surface area contributed by atoms with Gasteiger partial charge in [-0.2, -0.15) is 4.98 Å². The Bertz CT molecular complexity index is 1490. The molecule has 0 fully saturated rings. The van der Waals surface area contributed by atoms with Gasteiger partial charge in [0.25, 0.3) is 0 Å². The van der Waals surface area contributed by atoms with Crippen molar-refractivity contribution < 1.29 is 14.3 Å². The summed E-state index contributed by atoms with van der Waals surface area (Å²) in [6.45, 7) is 4.29. The Labute approximate surface area is 241 Å². The van der Waals surface area contributed by atoms with Crippen molar-refractivity contribution in [2.75, 3.05) is 11.1 Å². The Morgan fingerprint density at radius 2 is 1.72 bits per heavy atom. The number of anilines is 1. The average Bonchev–Trinajstić information content (AvgIpc) is 3.33.